The summed E-state index contributed by atoms with van der Waals surface area (Å²) in [4.78, 5) is 11.8. The van der Waals surface area contributed by atoms with E-state index in [1.807, 2.05) is 0 Å². The van der Waals surface area contributed by atoms with E-state index in [0.29, 0.717) is 28.2 Å². The van der Waals surface area contributed by atoms with Crippen molar-refractivity contribution in [1.82, 2.24) is 10.6 Å². The highest BCUT2D eigenvalue weighted by Gasteiger charge is 2.14. The molecule has 0 radical (unpaired) electrons. The second-order valence-corrected chi connectivity index (χ2v) is 5.50. The zero-order valence-electron chi connectivity index (χ0n) is 10.5. The Balaban J connectivity index is 1.81. The normalized spacial score (nSPS) is 16.1. The number of carbonyl (C=O) groups is 1. The van der Waals surface area contributed by atoms with Gasteiger partial charge >= 0.3 is 6.03 Å². The van der Waals surface area contributed by atoms with Crippen LogP contribution in [0.4, 0.5) is 10.5 Å². The quantitative estimate of drug-likeness (QED) is 0.803. The van der Waals surface area contributed by atoms with Gasteiger partial charge in [0.05, 0.1) is 10.7 Å². The summed E-state index contributed by atoms with van der Waals surface area (Å²) in [6.45, 7) is 2.73. The number of hydrogen-bond acceptors (Lipinski definition) is 2. The van der Waals surface area contributed by atoms with E-state index in [4.69, 9.17) is 23.2 Å². The minimum absolute atomic E-state index is 0.248. The number of halogens is 2. The number of piperidine rings is 1. The van der Waals surface area contributed by atoms with Gasteiger partial charge < -0.3 is 16.0 Å². The van der Waals surface area contributed by atoms with Crippen molar-refractivity contribution in [3.63, 3.8) is 0 Å². The molecule has 1 aliphatic heterocycles. The SMILES string of the molecule is O=C(NCC1CCNCC1)Nc1cc(Cl)ccc1Cl. The molecule has 3 N–H and O–H groups in total. The number of anilines is 1. The van der Waals surface area contributed by atoms with Crippen LogP contribution in [-0.4, -0.2) is 25.7 Å². The monoisotopic (exact) mass is 301 g/mol. The molecule has 1 aliphatic rings. The van der Waals surface area contributed by atoms with Crippen LogP contribution >= 0.6 is 23.2 Å². The van der Waals surface area contributed by atoms with Crippen LogP contribution in [0.15, 0.2) is 18.2 Å². The van der Waals surface area contributed by atoms with Crippen LogP contribution in [0.1, 0.15) is 12.8 Å². The number of hydrogen-bond donors (Lipinski definition) is 3. The highest BCUT2D eigenvalue weighted by Crippen LogP contribution is 2.25. The molecule has 1 heterocycles. The van der Waals surface area contributed by atoms with Gasteiger partial charge in [0.25, 0.3) is 0 Å². The summed E-state index contributed by atoms with van der Waals surface area (Å²) in [5, 5.41) is 9.89. The molecule has 1 aromatic carbocycles. The van der Waals surface area contributed by atoms with Gasteiger partial charge in [-0.3, -0.25) is 0 Å². The first-order valence-electron chi connectivity index (χ1n) is 6.36. The summed E-state index contributed by atoms with van der Waals surface area (Å²) in [7, 11) is 0. The summed E-state index contributed by atoms with van der Waals surface area (Å²) in [6.07, 6.45) is 2.19. The van der Waals surface area contributed by atoms with Crippen LogP contribution in [-0.2, 0) is 0 Å². The fraction of sp³-hybridized carbons (Fsp3) is 0.462. The largest absolute Gasteiger partial charge is 0.338 e. The molecule has 2 rings (SSSR count). The Morgan fingerprint density at radius 1 is 1.32 bits per heavy atom. The van der Waals surface area contributed by atoms with Gasteiger partial charge in [0.15, 0.2) is 0 Å². The second kappa shape index (κ2) is 6.98. The molecule has 19 heavy (non-hydrogen) atoms. The van der Waals surface area contributed by atoms with Crippen LogP contribution in [0.25, 0.3) is 0 Å². The van der Waals surface area contributed by atoms with Crippen molar-refractivity contribution in [2.75, 3.05) is 25.0 Å². The van der Waals surface area contributed by atoms with Crippen LogP contribution in [0.2, 0.25) is 10.0 Å². The average Bonchev–Trinajstić information content (AvgIpc) is 2.42. The summed E-state index contributed by atoms with van der Waals surface area (Å²) in [5.74, 6) is 0.543. The Hall–Kier alpha value is -0.970. The zero-order valence-corrected chi connectivity index (χ0v) is 12.0. The second-order valence-electron chi connectivity index (χ2n) is 4.65. The Morgan fingerprint density at radius 2 is 2.05 bits per heavy atom. The van der Waals surface area contributed by atoms with Crippen molar-refractivity contribution < 1.29 is 4.79 Å². The van der Waals surface area contributed by atoms with Crippen LogP contribution in [0.5, 0.6) is 0 Å². The lowest BCUT2D eigenvalue weighted by Crippen LogP contribution is -2.37. The first kappa shape index (κ1) is 14.4. The van der Waals surface area contributed by atoms with Crippen molar-refractivity contribution in [3.05, 3.63) is 28.2 Å². The van der Waals surface area contributed by atoms with Gasteiger partial charge in [-0.25, -0.2) is 4.79 Å². The smallest absolute Gasteiger partial charge is 0.319 e. The minimum Gasteiger partial charge on any atom is -0.338 e. The zero-order chi connectivity index (χ0) is 13.7. The lowest BCUT2D eigenvalue weighted by Gasteiger charge is -2.22. The molecule has 104 valence electrons. The van der Waals surface area contributed by atoms with E-state index < -0.39 is 0 Å². The fourth-order valence-corrected chi connectivity index (χ4v) is 2.42. The van der Waals surface area contributed by atoms with E-state index in [2.05, 4.69) is 16.0 Å². The summed E-state index contributed by atoms with van der Waals surface area (Å²) < 4.78 is 0. The van der Waals surface area contributed by atoms with Gasteiger partial charge in [0, 0.05) is 11.6 Å². The lowest BCUT2D eigenvalue weighted by atomic mass is 9.98. The molecule has 2 amide bonds. The van der Waals surface area contributed by atoms with Crippen molar-refractivity contribution in [2.45, 2.75) is 12.8 Å². The molecular formula is C13H17Cl2N3O. The predicted molar refractivity (Wildman–Crippen MR) is 79.1 cm³/mol. The lowest BCUT2D eigenvalue weighted by molar-refractivity contribution is 0.248. The van der Waals surface area contributed by atoms with Crippen molar-refractivity contribution >= 4 is 34.9 Å². The standard InChI is InChI=1S/C13H17Cl2N3O/c14-10-1-2-11(15)12(7-10)18-13(19)17-8-9-3-5-16-6-4-9/h1-2,7,9,16H,3-6,8H2,(H2,17,18,19). The first-order valence-corrected chi connectivity index (χ1v) is 7.11. The third kappa shape index (κ3) is 4.56. The number of carbonyl (C=O) groups excluding carboxylic acids is 1. The summed E-state index contributed by atoms with van der Waals surface area (Å²) >= 11 is 11.8. The molecule has 4 nitrogen and oxygen atoms in total. The van der Waals surface area contributed by atoms with Crippen molar-refractivity contribution in [3.8, 4) is 0 Å². The van der Waals surface area contributed by atoms with E-state index in [0.717, 1.165) is 25.9 Å². The number of amides is 2. The summed E-state index contributed by atoms with van der Waals surface area (Å²) in [5.41, 5.74) is 0.525. The molecule has 0 aliphatic carbocycles. The highest BCUT2D eigenvalue weighted by molar-refractivity contribution is 6.35. The van der Waals surface area contributed by atoms with Crippen LogP contribution < -0.4 is 16.0 Å². The van der Waals surface area contributed by atoms with E-state index in [1.165, 1.54) is 0 Å². The highest BCUT2D eigenvalue weighted by atomic mass is 35.5. The van der Waals surface area contributed by atoms with Crippen LogP contribution in [0, 0.1) is 5.92 Å². The van der Waals surface area contributed by atoms with E-state index >= 15 is 0 Å². The van der Waals surface area contributed by atoms with Gasteiger partial charge in [0.2, 0.25) is 0 Å². The molecule has 6 heteroatoms. The number of rotatable bonds is 3. The maximum Gasteiger partial charge on any atom is 0.319 e. The summed E-state index contributed by atoms with van der Waals surface area (Å²) in [6, 6.07) is 4.73. The molecule has 0 aromatic heterocycles. The minimum atomic E-state index is -0.248. The molecule has 1 fully saturated rings. The Bertz CT molecular complexity index is 448. The fourth-order valence-electron chi connectivity index (χ4n) is 2.08. The molecule has 0 bridgehead atoms. The molecule has 1 aromatic rings. The van der Waals surface area contributed by atoms with E-state index in [9.17, 15) is 4.79 Å². The Morgan fingerprint density at radius 3 is 2.79 bits per heavy atom. The number of benzene rings is 1. The van der Waals surface area contributed by atoms with E-state index in [1.54, 1.807) is 18.2 Å². The molecular weight excluding hydrogens is 285 g/mol. The third-order valence-corrected chi connectivity index (χ3v) is 3.75. The van der Waals surface area contributed by atoms with Crippen molar-refractivity contribution in [1.29, 1.82) is 0 Å². The van der Waals surface area contributed by atoms with Crippen LogP contribution in [0.3, 0.4) is 0 Å². The third-order valence-electron chi connectivity index (χ3n) is 3.19. The van der Waals surface area contributed by atoms with Gasteiger partial charge in [-0.2, -0.15) is 0 Å². The van der Waals surface area contributed by atoms with Crippen molar-refractivity contribution in [2.24, 2.45) is 5.92 Å². The first-order chi connectivity index (χ1) is 9.15. The maximum absolute atomic E-state index is 11.8. The van der Waals surface area contributed by atoms with Gasteiger partial charge in [0.1, 0.15) is 0 Å². The molecule has 0 saturated carbocycles. The van der Waals surface area contributed by atoms with Gasteiger partial charge in [-0.05, 0) is 50.0 Å². The average molecular weight is 302 g/mol. The molecule has 0 spiro atoms. The topological polar surface area (TPSA) is 53.2 Å². The predicted octanol–water partition coefficient (Wildman–Crippen LogP) is 3.11. The Kier molecular flexibility index (Phi) is 5.31. The van der Waals surface area contributed by atoms with Gasteiger partial charge in [-0.15, -0.1) is 0 Å². The molecule has 1 saturated heterocycles. The van der Waals surface area contributed by atoms with E-state index in [-0.39, 0.29) is 6.03 Å². The maximum atomic E-state index is 11.8. The number of urea groups is 1. The number of nitrogens with one attached hydrogen (secondary N) is 3. The Labute approximate surface area is 122 Å². The molecule has 0 unspecified atom stereocenters. The van der Waals surface area contributed by atoms with Gasteiger partial charge in [-0.1, -0.05) is 23.2 Å². The molecule has 0 atom stereocenters.